The van der Waals surface area contributed by atoms with Gasteiger partial charge in [-0.25, -0.2) is 0 Å². The van der Waals surface area contributed by atoms with E-state index in [1.54, 1.807) is 11.3 Å². The summed E-state index contributed by atoms with van der Waals surface area (Å²) in [5, 5.41) is 14.5. The predicted octanol–water partition coefficient (Wildman–Crippen LogP) is 3.79. The first-order valence-electron chi connectivity index (χ1n) is 7.62. The molecule has 0 aliphatic rings. The molecule has 1 N–H and O–H groups in total. The van der Waals surface area contributed by atoms with Gasteiger partial charge in [-0.15, -0.1) is 21.5 Å². The smallest absolute Gasteiger partial charge is 0.127 e. The van der Waals surface area contributed by atoms with Crippen LogP contribution in [0.5, 0.6) is 0 Å². The van der Waals surface area contributed by atoms with Gasteiger partial charge in [0.05, 0.1) is 0 Å². The van der Waals surface area contributed by atoms with Gasteiger partial charge in [0, 0.05) is 17.9 Å². The van der Waals surface area contributed by atoms with Gasteiger partial charge in [-0.3, -0.25) is 0 Å². The van der Waals surface area contributed by atoms with Gasteiger partial charge < -0.3 is 5.32 Å². The Morgan fingerprint density at radius 2 is 1.86 bits per heavy atom. The maximum absolute atomic E-state index is 4.43. The highest BCUT2D eigenvalue weighted by Crippen LogP contribution is 2.33. The van der Waals surface area contributed by atoms with Crippen molar-refractivity contribution in [2.75, 3.05) is 6.54 Å². The van der Waals surface area contributed by atoms with E-state index in [1.807, 2.05) is 6.07 Å². The van der Waals surface area contributed by atoms with E-state index in [0.717, 1.165) is 29.4 Å². The van der Waals surface area contributed by atoms with Gasteiger partial charge in [0.15, 0.2) is 0 Å². The SMILES string of the molecule is CC(C)NCCCc1nnc(C(C)(C)c2ccccc2)s1. The van der Waals surface area contributed by atoms with Crippen LogP contribution in [0.4, 0.5) is 0 Å². The first kappa shape index (κ1) is 16.1. The zero-order chi connectivity index (χ0) is 15.3. The summed E-state index contributed by atoms with van der Waals surface area (Å²) in [6.45, 7) is 9.81. The average Bonchev–Trinajstić information content (AvgIpc) is 2.94. The molecule has 0 saturated heterocycles. The lowest BCUT2D eigenvalue weighted by Crippen LogP contribution is -2.23. The second-order valence-corrected chi connectivity index (χ2v) is 7.27. The average molecular weight is 303 g/mol. The lowest BCUT2D eigenvalue weighted by Gasteiger charge is -2.21. The number of aryl methyl sites for hydroxylation is 1. The second-order valence-electron chi connectivity index (χ2n) is 6.20. The molecule has 2 aromatic rings. The first-order chi connectivity index (χ1) is 10.00. The Balaban J connectivity index is 1.99. The van der Waals surface area contributed by atoms with Crippen LogP contribution in [0.1, 0.15) is 49.7 Å². The fourth-order valence-corrected chi connectivity index (χ4v) is 3.22. The minimum Gasteiger partial charge on any atom is -0.315 e. The van der Waals surface area contributed by atoms with Crippen LogP contribution in [0.15, 0.2) is 30.3 Å². The third kappa shape index (κ3) is 4.35. The predicted molar refractivity (Wildman–Crippen MR) is 89.9 cm³/mol. The van der Waals surface area contributed by atoms with Gasteiger partial charge >= 0.3 is 0 Å². The van der Waals surface area contributed by atoms with E-state index in [4.69, 9.17) is 0 Å². The highest BCUT2D eigenvalue weighted by atomic mass is 32.1. The molecular weight excluding hydrogens is 278 g/mol. The third-order valence-electron chi connectivity index (χ3n) is 3.62. The quantitative estimate of drug-likeness (QED) is 0.791. The van der Waals surface area contributed by atoms with E-state index in [2.05, 4.69) is 67.5 Å². The van der Waals surface area contributed by atoms with Crippen LogP contribution >= 0.6 is 11.3 Å². The monoisotopic (exact) mass is 303 g/mol. The summed E-state index contributed by atoms with van der Waals surface area (Å²) in [4.78, 5) is 0. The summed E-state index contributed by atoms with van der Waals surface area (Å²) in [7, 11) is 0. The van der Waals surface area contributed by atoms with Crippen molar-refractivity contribution in [3.05, 3.63) is 45.9 Å². The summed E-state index contributed by atoms with van der Waals surface area (Å²) in [5.74, 6) is 0. The molecule has 0 fully saturated rings. The molecular formula is C17H25N3S. The standard InChI is InChI=1S/C17H25N3S/c1-13(2)18-12-8-11-15-19-20-16(21-15)17(3,4)14-9-6-5-7-10-14/h5-7,9-10,13,18H,8,11-12H2,1-4H3. The molecule has 2 rings (SSSR count). The van der Waals surface area contributed by atoms with Crippen LogP contribution in [0, 0.1) is 0 Å². The molecule has 4 heteroatoms. The molecule has 0 unspecified atom stereocenters. The van der Waals surface area contributed by atoms with Crippen LogP contribution in [-0.2, 0) is 11.8 Å². The summed E-state index contributed by atoms with van der Waals surface area (Å²) < 4.78 is 0. The molecule has 0 spiro atoms. The molecule has 0 aliphatic carbocycles. The van der Waals surface area contributed by atoms with Gasteiger partial charge in [-0.1, -0.05) is 44.2 Å². The van der Waals surface area contributed by atoms with Crippen molar-refractivity contribution in [3.8, 4) is 0 Å². The van der Waals surface area contributed by atoms with Crippen molar-refractivity contribution < 1.29 is 0 Å². The van der Waals surface area contributed by atoms with E-state index in [-0.39, 0.29) is 5.41 Å². The van der Waals surface area contributed by atoms with Crippen LogP contribution < -0.4 is 5.32 Å². The maximum Gasteiger partial charge on any atom is 0.127 e. The van der Waals surface area contributed by atoms with Crippen molar-refractivity contribution in [2.24, 2.45) is 0 Å². The summed E-state index contributed by atoms with van der Waals surface area (Å²) in [5.41, 5.74) is 1.21. The first-order valence-corrected chi connectivity index (χ1v) is 8.43. The molecule has 0 saturated carbocycles. The molecule has 0 bridgehead atoms. The Morgan fingerprint density at radius 3 is 2.52 bits per heavy atom. The Labute approximate surface area is 131 Å². The van der Waals surface area contributed by atoms with Crippen molar-refractivity contribution in [2.45, 2.75) is 52.0 Å². The lowest BCUT2D eigenvalue weighted by molar-refractivity contribution is 0.569. The van der Waals surface area contributed by atoms with Crippen LogP contribution in [0.3, 0.4) is 0 Å². The zero-order valence-corrected chi connectivity index (χ0v) is 14.2. The van der Waals surface area contributed by atoms with Gasteiger partial charge in [0.1, 0.15) is 10.0 Å². The fourth-order valence-electron chi connectivity index (χ4n) is 2.22. The topological polar surface area (TPSA) is 37.8 Å². The van der Waals surface area contributed by atoms with E-state index in [9.17, 15) is 0 Å². The highest BCUT2D eigenvalue weighted by Gasteiger charge is 2.27. The van der Waals surface area contributed by atoms with E-state index < -0.39 is 0 Å². The second kappa shape index (κ2) is 7.14. The van der Waals surface area contributed by atoms with Gasteiger partial charge in [0.2, 0.25) is 0 Å². The fraction of sp³-hybridized carbons (Fsp3) is 0.529. The number of aromatic nitrogens is 2. The third-order valence-corrected chi connectivity index (χ3v) is 4.92. The van der Waals surface area contributed by atoms with Crippen LogP contribution in [-0.4, -0.2) is 22.8 Å². The Hall–Kier alpha value is -1.26. The van der Waals surface area contributed by atoms with E-state index >= 15 is 0 Å². The molecule has 0 radical (unpaired) electrons. The number of rotatable bonds is 7. The Morgan fingerprint density at radius 1 is 1.14 bits per heavy atom. The van der Waals surface area contributed by atoms with Crippen molar-refractivity contribution >= 4 is 11.3 Å². The van der Waals surface area contributed by atoms with Crippen molar-refractivity contribution in [1.82, 2.24) is 15.5 Å². The molecule has 1 aromatic heterocycles. The van der Waals surface area contributed by atoms with Gasteiger partial charge in [0.25, 0.3) is 0 Å². The number of hydrogen-bond acceptors (Lipinski definition) is 4. The summed E-state index contributed by atoms with van der Waals surface area (Å²) >= 11 is 1.74. The molecule has 0 aliphatic heterocycles. The molecule has 114 valence electrons. The lowest BCUT2D eigenvalue weighted by atomic mass is 9.85. The van der Waals surface area contributed by atoms with Crippen LogP contribution in [0.25, 0.3) is 0 Å². The van der Waals surface area contributed by atoms with Crippen molar-refractivity contribution in [1.29, 1.82) is 0 Å². The zero-order valence-electron chi connectivity index (χ0n) is 13.4. The van der Waals surface area contributed by atoms with Gasteiger partial charge in [-0.05, 0) is 32.4 Å². The van der Waals surface area contributed by atoms with E-state index in [1.165, 1.54) is 5.56 Å². The summed E-state index contributed by atoms with van der Waals surface area (Å²) in [6.07, 6.45) is 2.11. The minimum absolute atomic E-state index is 0.0760. The molecule has 21 heavy (non-hydrogen) atoms. The summed E-state index contributed by atoms with van der Waals surface area (Å²) in [6, 6.07) is 11.1. The maximum atomic E-state index is 4.43. The Kier molecular flexibility index (Phi) is 5.48. The number of nitrogens with zero attached hydrogens (tertiary/aromatic N) is 2. The molecule has 0 atom stereocenters. The number of benzene rings is 1. The largest absolute Gasteiger partial charge is 0.315 e. The molecule has 0 amide bonds. The van der Waals surface area contributed by atoms with Crippen molar-refractivity contribution in [3.63, 3.8) is 0 Å². The molecule has 1 heterocycles. The number of nitrogens with one attached hydrogen (secondary N) is 1. The van der Waals surface area contributed by atoms with Gasteiger partial charge in [-0.2, -0.15) is 0 Å². The Bertz CT molecular complexity index is 546. The highest BCUT2D eigenvalue weighted by molar-refractivity contribution is 7.11. The van der Waals surface area contributed by atoms with E-state index in [0.29, 0.717) is 6.04 Å². The normalized spacial score (nSPS) is 12.0. The molecule has 1 aromatic carbocycles. The minimum atomic E-state index is -0.0760. The number of hydrogen-bond donors (Lipinski definition) is 1. The van der Waals surface area contributed by atoms with Crippen LogP contribution in [0.2, 0.25) is 0 Å². The molecule has 3 nitrogen and oxygen atoms in total.